The van der Waals surface area contributed by atoms with E-state index in [0.717, 1.165) is 17.0 Å². The maximum atomic E-state index is 4.38. The topological polar surface area (TPSA) is 28.2 Å². The molecule has 2 rings (SSSR count). The van der Waals surface area contributed by atoms with Gasteiger partial charge in [-0.25, -0.2) is 4.98 Å². The van der Waals surface area contributed by atoms with Crippen molar-refractivity contribution in [1.82, 2.24) is 9.88 Å². The highest BCUT2D eigenvalue weighted by Gasteiger charge is 2.13. The van der Waals surface area contributed by atoms with Crippen molar-refractivity contribution in [3.8, 4) is 0 Å². The zero-order valence-corrected chi connectivity index (χ0v) is 12.6. The normalized spacial score (nSPS) is 18.6. The number of rotatable bonds is 5. The number of hydrogen-bond acceptors (Lipinski definition) is 3. The molecule has 4 heteroatoms. The maximum Gasteiger partial charge on any atom is 0.127 e. The quantitative estimate of drug-likeness (QED) is 0.845. The summed E-state index contributed by atoms with van der Waals surface area (Å²) in [6.45, 7) is 7.04. The Hall–Kier alpha value is -0.610. The summed E-state index contributed by atoms with van der Waals surface area (Å²) in [6, 6.07) is 5.97. The van der Waals surface area contributed by atoms with Crippen LogP contribution < -0.4 is 5.32 Å². The molecule has 1 unspecified atom stereocenters. The Morgan fingerprint density at radius 1 is 1.33 bits per heavy atom. The van der Waals surface area contributed by atoms with Gasteiger partial charge in [0.1, 0.15) is 10.4 Å². The van der Waals surface area contributed by atoms with Crippen LogP contribution in [0.1, 0.15) is 26.2 Å². The molecule has 0 amide bonds. The minimum Gasteiger partial charge on any atom is -0.370 e. The first-order valence-corrected chi connectivity index (χ1v) is 7.62. The summed E-state index contributed by atoms with van der Waals surface area (Å²) in [7, 11) is 0. The van der Waals surface area contributed by atoms with Crippen molar-refractivity contribution in [3.63, 3.8) is 0 Å². The molecular weight excluding hydrogens is 290 g/mol. The third-order valence-corrected chi connectivity index (χ3v) is 3.81. The highest BCUT2D eigenvalue weighted by Crippen LogP contribution is 2.13. The third-order valence-electron chi connectivity index (χ3n) is 3.37. The van der Waals surface area contributed by atoms with Crippen LogP contribution in [0.4, 0.5) is 5.82 Å². The lowest BCUT2D eigenvalue weighted by Gasteiger charge is -2.29. The molecule has 1 fully saturated rings. The molecule has 1 aromatic heterocycles. The van der Waals surface area contributed by atoms with E-state index in [1.165, 1.54) is 38.9 Å². The molecule has 0 aromatic carbocycles. The number of anilines is 1. The number of hydrogen-bond donors (Lipinski definition) is 1. The van der Waals surface area contributed by atoms with E-state index in [4.69, 9.17) is 0 Å². The van der Waals surface area contributed by atoms with Crippen LogP contribution >= 0.6 is 15.9 Å². The summed E-state index contributed by atoms with van der Waals surface area (Å²) in [6.07, 6.45) is 4.14. The van der Waals surface area contributed by atoms with Crippen molar-refractivity contribution >= 4 is 21.7 Å². The van der Waals surface area contributed by atoms with E-state index in [9.17, 15) is 0 Å². The van der Waals surface area contributed by atoms with Crippen LogP contribution in [0.2, 0.25) is 0 Å². The molecule has 1 atom stereocenters. The van der Waals surface area contributed by atoms with Crippen molar-refractivity contribution in [1.29, 1.82) is 0 Å². The van der Waals surface area contributed by atoms with Crippen LogP contribution in [-0.4, -0.2) is 36.1 Å². The first kappa shape index (κ1) is 13.8. The first-order valence-electron chi connectivity index (χ1n) is 6.83. The number of halogens is 1. The van der Waals surface area contributed by atoms with E-state index in [-0.39, 0.29) is 0 Å². The smallest absolute Gasteiger partial charge is 0.127 e. The first-order chi connectivity index (χ1) is 8.74. The number of piperidine rings is 1. The van der Waals surface area contributed by atoms with Crippen LogP contribution in [0.25, 0.3) is 0 Å². The molecule has 0 saturated carbocycles. The van der Waals surface area contributed by atoms with Crippen LogP contribution in [0.15, 0.2) is 22.8 Å². The highest BCUT2D eigenvalue weighted by molar-refractivity contribution is 9.10. The maximum absolute atomic E-state index is 4.38. The zero-order valence-electron chi connectivity index (χ0n) is 11.0. The number of likely N-dealkylation sites (tertiary alicyclic amines) is 1. The zero-order chi connectivity index (χ0) is 12.8. The van der Waals surface area contributed by atoms with Gasteiger partial charge in [-0.2, -0.15) is 0 Å². The average Bonchev–Trinajstić information content (AvgIpc) is 2.38. The van der Waals surface area contributed by atoms with E-state index in [0.29, 0.717) is 5.92 Å². The van der Waals surface area contributed by atoms with Gasteiger partial charge in [-0.05, 0) is 59.9 Å². The Labute approximate surface area is 118 Å². The largest absolute Gasteiger partial charge is 0.370 e. The standard InChI is InChI=1S/C14H22BrN3/c1-12(11-18-8-3-2-4-9-18)10-16-14-7-5-6-13(15)17-14/h5-7,12H,2-4,8-11H2,1H3,(H,16,17). The Kier molecular flexibility index (Phi) is 5.45. The fourth-order valence-electron chi connectivity index (χ4n) is 2.43. The van der Waals surface area contributed by atoms with Crippen LogP contribution in [0, 0.1) is 5.92 Å². The molecule has 1 N–H and O–H groups in total. The average molecular weight is 312 g/mol. The Morgan fingerprint density at radius 2 is 2.11 bits per heavy atom. The Balaban J connectivity index is 1.72. The molecular formula is C14H22BrN3. The van der Waals surface area contributed by atoms with Gasteiger partial charge in [0.15, 0.2) is 0 Å². The minimum absolute atomic E-state index is 0.656. The van der Waals surface area contributed by atoms with Gasteiger partial charge in [0, 0.05) is 13.1 Å². The SMILES string of the molecule is CC(CNc1cccc(Br)n1)CN1CCCCC1. The van der Waals surface area contributed by atoms with E-state index in [1.54, 1.807) is 0 Å². The monoisotopic (exact) mass is 311 g/mol. The van der Waals surface area contributed by atoms with Gasteiger partial charge in [0.2, 0.25) is 0 Å². The van der Waals surface area contributed by atoms with Gasteiger partial charge in [-0.15, -0.1) is 0 Å². The molecule has 2 heterocycles. The molecule has 1 aliphatic rings. The molecule has 1 aliphatic heterocycles. The second-order valence-electron chi connectivity index (χ2n) is 5.19. The summed E-state index contributed by atoms with van der Waals surface area (Å²) >= 11 is 3.39. The molecule has 0 spiro atoms. The van der Waals surface area contributed by atoms with Gasteiger partial charge >= 0.3 is 0 Å². The fourth-order valence-corrected chi connectivity index (χ4v) is 2.78. The van der Waals surface area contributed by atoms with Gasteiger partial charge in [0.05, 0.1) is 0 Å². The van der Waals surface area contributed by atoms with Crippen molar-refractivity contribution < 1.29 is 0 Å². The molecule has 3 nitrogen and oxygen atoms in total. The second kappa shape index (κ2) is 7.10. The molecule has 0 radical (unpaired) electrons. The molecule has 0 bridgehead atoms. The van der Waals surface area contributed by atoms with Crippen molar-refractivity contribution in [2.24, 2.45) is 5.92 Å². The van der Waals surface area contributed by atoms with E-state index in [1.807, 2.05) is 18.2 Å². The third kappa shape index (κ3) is 4.58. The summed E-state index contributed by atoms with van der Waals surface area (Å²) in [4.78, 5) is 6.97. The Bertz CT molecular complexity index is 364. The minimum atomic E-state index is 0.656. The summed E-state index contributed by atoms with van der Waals surface area (Å²) < 4.78 is 0.885. The second-order valence-corrected chi connectivity index (χ2v) is 6.01. The number of nitrogens with zero attached hydrogens (tertiary/aromatic N) is 2. The lowest BCUT2D eigenvalue weighted by Crippen LogP contribution is -2.35. The fraction of sp³-hybridized carbons (Fsp3) is 0.643. The molecule has 18 heavy (non-hydrogen) atoms. The van der Waals surface area contributed by atoms with E-state index in [2.05, 4.69) is 38.1 Å². The van der Waals surface area contributed by atoms with Crippen molar-refractivity contribution in [2.75, 3.05) is 31.5 Å². The summed E-state index contributed by atoms with van der Waals surface area (Å²) in [5, 5.41) is 3.41. The molecule has 1 saturated heterocycles. The van der Waals surface area contributed by atoms with Crippen molar-refractivity contribution in [2.45, 2.75) is 26.2 Å². The lowest BCUT2D eigenvalue weighted by atomic mass is 10.1. The van der Waals surface area contributed by atoms with Crippen molar-refractivity contribution in [3.05, 3.63) is 22.8 Å². The van der Waals surface area contributed by atoms with Crippen LogP contribution in [0.5, 0.6) is 0 Å². The molecule has 1 aromatic rings. The molecule has 100 valence electrons. The predicted octanol–water partition coefficient (Wildman–Crippen LogP) is 3.38. The summed E-state index contributed by atoms with van der Waals surface area (Å²) in [5.74, 6) is 1.61. The van der Waals surface area contributed by atoms with E-state index >= 15 is 0 Å². The molecule has 0 aliphatic carbocycles. The van der Waals surface area contributed by atoms with Crippen LogP contribution in [-0.2, 0) is 0 Å². The number of nitrogens with one attached hydrogen (secondary N) is 1. The summed E-state index contributed by atoms with van der Waals surface area (Å²) in [5.41, 5.74) is 0. The lowest BCUT2D eigenvalue weighted by molar-refractivity contribution is 0.204. The predicted molar refractivity (Wildman–Crippen MR) is 79.9 cm³/mol. The number of pyridine rings is 1. The van der Waals surface area contributed by atoms with E-state index < -0.39 is 0 Å². The Morgan fingerprint density at radius 3 is 2.83 bits per heavy atom. The number of aromatic nitrogens is 1. The van der Waals surface area contributed by atoms with Crippen LogP contribution in [0.3, 0.4) is 0 Å². The van der Waals surface area contributed by atoms with Gasteiger partial charge in [0.25, 0.3) is 0 Å². The van der Waals surface area contributed by atoms with Gasteiger partial charge in [-0.3, -0.25) is 0 Å². The highest BCUT2D eigenvalue weighted by atomic mass is 79.9. The van der Waals surface area contributed by atoms with Gasteiger partial charge in [-0.1, -0.05) is 19.4 Å². The van der Waals surface area contributed by atoms with Gasteiger partial charge < -0.3 is 10.2 Å².